The van der Waals surface area contributed by atoms with Crippen molar-refractivity contribution < 1.29 is 4.57 Å². The van der Waals surface area contributed by atoms with E-state index in [0.717, 1.165) is 77.6 Å². The third-order valence-corrected chi connectivity index (χ3v) is 6.18. The van der Waals surface area contributed by atoms with E-state index >= 15 is 0 Å². The van der Waals surface area contributed by atoms with E-state index in [1.807, 2.05) is 24.3 Å². The maximum Gasteiger partial charge on any atom is 0.220 e. The molecule has 0 radical (unpaired) electrons. The summed E-state index contributed by atoms with van der Waals surface area (Å²) >= 11 is 0. The molecule has 4 aromatic rings. The van der Waals surface area contributed by atoms with Gasteiger partial charge in [-0.05, 0) is 55.4 Å². The van der Waals surface area contributed by atoms with Crippen LogP contribution in [0.25, 0.3) is 43.4 Å². The minimum atomic E-state index is 0.614. The highest BCUT2D eigenvalue weighted by atomic mass is 15.1. The van der Waals surface area contributed by atoms with Gasteiger partial charge in [-0.1, -0.05) is 49.3 Å². The number of rotatable bonds is 9. The molecule has 0 saturated carbocycles. The topological polar surface area (TPSA) is 81.9 Å². The van der Waals surface area contributed by atoms with E-state index in [1.54, 1.807) is 0 Å². The van der Waals surface area contributed by atoms with Gasteiger partial charge in [0.15, 0.2) is 6.54 Å². The highest BCUT2D eigenvalue weighted by Crippen LogP contribution is 2.34. The Kier molecular flexibility index (Phi) is 7.08. The van der Waals surface area contributed by atoms with Gasteiger partial charge < -0.3 is 10.6 Å². The number of nitrogens with zero attached hydrogens (tertiary/aromatic N) is 5. The van der Waals surface area contributed by atoms with Crippen molar-refractivity contribution in [3.63, 3.8) is 0 Å². The zero-order valence-electron chi connectivity index (χ0n) is 19.4. The lowest BCUT2D eigenvalue weighted by atomic mass is 9.98. The second-order valence-electron chi connectivity index (χ2n) is 8.35. The van der Waals surface area contributed by atoms with E-state index in [1.165, 1.54) is 0 Å². The normalized spacial score (nSPS) is 11.2. The molecule has 0 amide bonds. The van der Waals surface area contributed by atoms with Crippen molar-refractivity contribution >= 4 is 33.1 Å². The molecule has 1 heterocycles. The molecule has 0 saturated heterocycles. The molecule has 0 fully saturated rings. The third kappa shape index (κ3) is 4.77. The number of hydrogen-bond donors (Lipinski definition) is 1. The fourth-order valence-electron chi connectivity index (χ4n) is 4.68. The fourth-order valence-corrected chi connectivity index (χ4v) is 4.68. The summed E-state index contributed by atoms with van der Waals surface area (Å²) < 4.78 is 2.39. The van der Waals surface area contributed by atoms with Crippen molar-refractivity contribution in [2.75, 3.05) is 25.4 Å². The van der Waals surface area contributed by atoms with Crippen LogP contribution >= 0.6 is 0 Å². The van der Waals surface area contributed by atoms with Gasteiger partial charge in [0.1, 0.15) is 0 Å². The number of anilines is 1. The second kappa shape index (κ2) is 10.3. The Morgan fingerprint density at radius 1 is 0.939 bits per heavy atom. The van der Waals surface area contributed by atoms with Crippen molar-refractivity contribution in [3.8, 4) is 11.3 Å². The average molecular weight is 440 g/mol. The van der Waals surface area contributed by atoms with Gasteiger partial charge in [0.2, 0.25) is 11.2 Å². The Morgan fingerprint density at radius 3 is 2.45 bits per heavy atom. The smallest absolute Gasteiger partial charge is 0.220 e. The average Bonchev–Trinajstić information content (AvgIpc) is 2.84. The Morgan fingerprint density at radius 2 is 1.73 bits per heavy atom. The van der Waals surface area contributed by atoms with E-state index in [4.69, 9.17) is 11.3 Å². The number of pyridine rings is 1. The van der Waals surface area contributed by atoms with Crippen molar-refractivity contribution in [1.82, 2.24) is 4.90 Å². The number of nitrogen functional groups attached to an aromatic ring is 1. The maximum absolute atomic E-state index is 9.00. The van der Waals surface area contributed by atoms with Gasteiger partial charge in [0.25, 0.3) is 0 Å². The molecular weight excluding hydrogens is 408 g/mol. The summed E-state index contributed by atoms with van der Waals surface area (Å²) in [5.41, 5.74) is 20.0. The molecular formula is C27H31N6+. The number of azide groups is 1. The molecule has 2 N–H and O–H groups in total. The molecule has 6 heteroatoms. The lowest BCUT2D eigenvalue weighted by Gasteiger charge is -2.19. The summed E-state index contributed by atoms with van der Waals surface area (Å²) in [5, 5.41) is 7.22. The Labute approximate surface area is 194 Å². The van der Waals surface area contributed by atoms with Crippen molar-refractivity contribution in [3.05, 3.63) is 77.2 Å². The van der Waals surface area contributed by atoms with Crippen LogP contribution in [0.4, 0.5) is 11.4 Å². The molecule has 6 nitrogen and oxygen atoms in total. The third-order valence-electron chi connectivity index (χ3n) is 6.18. The zero-order chi connectivity index (χ0) is 23.2. The predicted octanol–water partition coefficient (Wildman–Crippen LogP) is 6.59. The Hall–Kier alpha value is -3.60. The number of aryl methyl sites for hydroxylation is 1. The first-order valence-corrected chi connectivity index (χ1v) is 11.7. The van der Waals surface area contributed by atoms with Gasteiger partial charge in [-0.25, -0.2) is 0 Å². The molecule has 0 aliphatic heterocycles. The monoisotopic (exact) mass is 439 g/mol. The van der Waals surface area contributed by atoms with Crippen LogP contribution in [0.1, 0.15) is 26.7 Å². The molecule has 3 aromatic carbocycles. The highest BCUT2D eigenvalue weighted by molar-refractivity contribution is 6.10. The number of aromatic nitrogens is 1. The van der Waals surface area contributed by atoms with Crippen molar-refractivity contribution in [1.29, 1.82) is 0 Å². The molecule has 168 valence electrons. The Bertz CT molecular complexity index is 1310. The lowest BCUT2D eigenvalue weighted by molar-refractivity contribution is -0.659. The van der Waals surface area contributed by atoms with Gasteiger partial charge in [-0.2, -0.15) is 4.57 Å². The second-order valence-corrected chi connectivity index (χ2v) is 8.35. The first kappa shape index (κ1) is 22.6. The van der Waals surface area contributed by atoms with Crippen LogP contribution in [0.3, 0.4) is 0 Å². The molecule has 0 atom stereocenters. The summed E-state index contributed by atoms with van der Waals surface area (Å²) in [6.45, 7) is 8.55. The Balaban J connectivity index is 1.97. The first-order valence-electron chi connectivity index (χ1n) is 11.7. The van der Waals surface area contributed by atoms with Gasteiger partial charge in [0.05, 0.1) is 10.8 Å². The molecule has 33 heavy (non-hydrogen) atoms. The van der Waals surface area contributed by atoms with Crippen molar-refractivity contribution in [2.45, 2.75) is 33.2 Å². The molecule has 0 bridgehead atoms. The molecule has 0 spiro atoms. The van der Waals surface area contributed by atoms with Crippen LogP contribution in [0.15, 0.2) is 71.8 Å². The summed E-state index contributed by atoms with van der Waals surface area (Å²) in [7, 11) is 0. The van der Waals surface area contributed by atoms with Crippen LogP contribution < -0.4 is 10.3 Å². The van der Waals surface area contributed by atoms with E-state index in [-0.39, 0.29) is 0 Å². The lowest BCUT2D eigenvalue weighted by Crippen LogP contribution is -2.39. The SMILES string of the molecule is CCCN(CC)CCC[n+]1c(-c2ccccc2)c2cc(N=[N+]=[N-])ccc2c2ccc(N)cc21. The fraction of sp³-hybridized carbons (Fsp3) is 0.296. The van der Waals surface area contributed by atoms with E-state index < -0.39 is 0 Å². The molecule has 0 unspecified atom stereocenters. The van der Waals surface area contributed by atoms with Gasteiger partial charge in [0, 0.05) is 46.3 Å². The van der Waals surface area contributed by atoms with Crippen LogP contribution in [-0.2, 0) is 6.54 Å². The minimum Gasteiger partial charge on any atom is -0.399 e. The van der Waals surface area contributed by atoms with Gasteiger partial charge in [-0.15, -0.1) is 0 Å². The quantitative estimate of drug-likeness (QED) is 0.0796. The number of benzene rings is 3. The first-order chi connectivity index (χ1) is 16.2. The van der Waals surface area contributed by atoms with Crippen LogP contribution in [-0.4, -0.2) is 24.5 Å². The summed E-state index contributed by atoms with van der Waals surface area (Å²) in [4.78, 5) is 5.50. The van der Waals surface area contributed by atoms with Gasteiger partial charge >= 0.3 is 0 Å². The minimum absolute atomic E-state index is 0.614. The van der Waals surface area contributed by atoms with Crippen LogP contribution in [0.2, 0.25) is 0 Å². The van der Waals surface area contributed by atoms with E-state index in [0.29, 0.717) is 5.69 Å². The van der Waals surface area contributed by atoms with Gasteiger partial charge in [-0.3, -0.25) is 0 Å². The number of hydrogen-bond acceptors (Lipinski definition) is 3. The standard InChI is InChI=1S/C27H30N6/c1-3-15-32(4-2)16-8-17-33-26-18-21(28)11-13-24(26)23-14-12-22(30-31-29)19-25(23)27(33)20-9-6-5-7-10-20/h5-7,9-14,18-19,28H,3-4,8,15-17H2,1-2H3/p+1. The summed E-state index contributed by atoms with van der Waals surface area (Å²) in [6.07, 6.45) is 2.19. The molecule has 0 aliphatic carbocycles. The molecule has 0 aliphatic rings. The maximum atomic E-state index is 9.00. The largest absolute Gasteiger partial charge is 0.399 e. The summed E-state index contributed by atoms with van der Waals surface area (Å²) in [5.74, 6) is 0. The number of fused-ring (bicyclic) bond motifs is 3. The molecule has 1 aromatic heterocycles. The van der Waals surface area contributed by atoms with E-state index in [9.17, 15) is 0 Å². The van der Waals surface area contributed by atoms with Crippen LogP contribution in [0, 0.1) is 0 Å². The van der Waals surface area contributed by atoms with E-state index in [2.05, 4.69) is 75.8 Å². The zero-order valence-corrected chi connectivity index (χ0v) is 19.4. The van der Waals surface area contributed by atoms with Crippen molar-refractivity contribution in [2.24, 2.45) is 5.11 Å². The molecule has 4 rings (SSSR count). The van der Waals surface area contributed by atoms with Crippen LogP contribution in [0.5, 0.6) is 0 Å². The highest BCUT2D eigenvalue weighted by Gasteiger charge is 2.23. The predicted molar refractivity (Wildman–Crippen MR) is 137 cm³/mol. The summed E-state index contributed by atoms with van der Waals surface area (Å²) in [6, 6.07) is 22.5. The number of nitrogens with two attached hydrogens (primary N) is 1.